The van der Waals surface area contributed by atoms with E-state index in [2.05, 4.69) is 10.3 Å². The Kier molecular flexibility index (Phi) is 8.66. The van der Waals surface area contributed by atoms with Crippen LogP contribution in [0.2, 0.25) is 0 Å². The van der Waals surface area contributed by atoms with Gasteiger partial charge in [-0.2, -0.15) is 0 Å². The first-order valence-electron chi connectivity index (χ1n) is 14.0. The number of fused-ring (bicyclic) bond motifs is 1. The molecule has 0 aliphatic heterocycles. The molecule has 0 aliphatic rings. The topological polar surface area (TPSA) is 103 Å². The van der Waals surface area contributed by atoms with E-state index in [9.17, 15) is 23.9 Å². The summed E-state index contributed by atoms with van der Waals surface area (Å²) in [6, 6.07) is 26.7. The first-order chi connectivity index (χ1) is 20.7. The first kappa shape index (κ1) is 29.3. The molecule has 5 rings (SSSR count). The fourth-order valence-corrected chi connectivity index (χ4v) is 5.29. The lowest BCUT2D eigenvalue weighted by Crippen LogP contribution is -2.53. The molecule has 0 fully saturated rings. The van der Waals surface area contributed by atoms with Gasteiger partial charge in [0.15, 0.2) is 0 Å². The van der Waals surface area contributed by atoms with E-state index in [1.165, 1.54) is 18.0 Å². The van der Waals surface area contributed by atoms with Crippen molar-refractivity contribution in [3.63, 3.8) is 0 Å². The summed E-state index contributed by atoms with van der Waals surface area (Å²) >= 11 is 0. The minimum Gasteiger partial charge on any atom is -0.480 e. The van der Waals surface area contributed by atoms with Gasteiger partial charge < -0.3 is 20.3 Å². The average Bonchev–Trinajstić information content (AvgIpc) is 3.41. The van der Waals surface area contributed by atoms with Gasteiger partial charge in [0.1, 0.15) is 17.9 Å². The van der Waals surface area contributed by atoms with Gasteiger partial charge in [0.25, 0.3) is 5.91 Å². The number of carbonyl (C=O) groups excluding carboxylic acids is 2. The highest BCUT2D eigenvalue weighted by molar-refractivity contribution is 5.98. The Morgan fingerprint density at radius 3 is 2.26 bits per heavy atom. The molecule has 218 valence electrons. The number of rotatable bonds is 10. The van der Waals surface area contributed by atoms with E-state index < -0.39 is 35.7 Å². The summed E-state index contributed by atoms with van der Waals surface area (Å²) in [6.45, 7) is 1.68. The summed E-state index contributed by atoms with van der Waals surface area (Å²) in [4.78, 5) is 44.0. The fourth-order valence-electron chi connectivity index (χ4n) is 5.29. The lowest BCUT2D eigenvalue weighted by Gasteiger charge is -2.29. The number of carboxylic acid groups (broad SMARTS) is 1. The zero-order valence-corrected chi connectivity index (χ0v) is 23.9. The number of nitrogens with one attached hydrogen (secondary N) is 2. The van der Waals surface area contributed by atoms with Gasteiger partial charge in [-0.3, -0.25) is 9.59 Å². The number of aromatic nitrogens is 1. The van der Waals surface area contributed by atoms with Crippen LogP contribution in [0.5, 0.6) is 0 Å². The molecule has 0 bridgehead atoms. The number of nitrogens with zero attached hydrogens (tertiary/aromatic N) is 1. The molecule has 7 nitrogen and oxygen atoms in total. The second-order valence-corrected chi connectivity index (χ2v) is 10.7. The molecule has 0 aliphatic carbocycles. The summed E-state index contributed by atoms with van der Waals surface area (Å²) in [5.41, 5.74) is 5.09. The van der Waals surface area contributed by atoms with E-state index in [4.69, 9.17) is 0 Å². The Balaban J connectivity index is 1.42. The number of hydrogen-bond donors (Lipinski definition) is 3. The Morgan fingerprint density at radius 1 is 0.884 bits per heavy atom. The van der Waals surface area contributed by atoms with Crippen LogP contribution >= 0.6 is 0 Å². The molecule has 2 atom stereocenters. The monoisotopic (exact) mass is 577 g/mol. The summed E-state index contributed by atoms with van der Waals surface area (Å²) in [6.07, 6.45) is 1.90. The molecule has 0 saturated carbocycles. The standard InChI is InChI=1S/C35H32FN3O4/c1-22-16-26(19-28(36)17-22)34(41)39(2)32(18-23-12-14-25(15-13-23)24-8-4-3-5-9-24)33(40)38-31(35(42)43)20-27-21-37-30-11-7-6-10-29(27)30/h3-17,19,21,31-32,37H,18,20H2,1-2H3,(H,38,40)(H,42,43)/t31-,32+/m0/s1. The molecule has 1 aromatic heterocycles. The van der Waals surface area contributed by atoms with Gasteiger partial charge in [-0.1, -0.05) is 72.8 Å². The highest BCUT2D eigenvalue weighted by Crippen LogP contribution is 2.22. The molecule has 3 N–H and O–H groups in total. The summed E-state index contributed by atoms with van der Waals surface area (Å²) in [5.74, 6) is -2.92. The number of H-pyrrole nitrogens is 1. The van der Waals surface area contributed by atoms with E-state index in [0.29, 0.717) is 5.56 Å². The van der Waals surface area contributed by atoms with Crippen LogP contribution in [0.4, 0.5) is 4.39 Å². The lowest BCUT2D eigenvalue weighted by atomic mass is 9.98. The molecular weight excluding hydrogens is 545 g/mol. The van der Waals surface area contributed by atoms with Crippen molar-refractivity contribution in [3.8, 4) is 11.1 Å². The molecule has 8 heteroatoms. The van der Waals surface area contributed by atoms with E-state index in [1.807, 2.05) is 78.9 Å². The largest absolute Gasteiger partial charge is 0.480 e. The van der Waals surface area contributed by atoms with E-state index in [0.717, 1.165) is 39.2 Å². The normalized spacial score (nSPS) is 12.4. The SMILES string of the molecule is Cc1cc(F)cc(C(=O)N(C)[C@H](Cc2ccc(-c3ccccc3)cc2)C(=O)N[C@@H](Cc2c[nH]c3ccccc23)C(=O)O)c1. The molecule has 5 aromatic rings. The van der Waals surface area contributed by atoms with Gasteiger partial charge in [-0.25, -0.2) is 9.18 Å². The van der Waals surface area contributed by atoms with Crippen molar-refractivity contribution < 1.29 is 23.9 Å². The minimum atomic E-state index is -1.24. The van der Waals surface area contributed by atoms with E-state index in [1.54, 1.807) is 19.2 Å². The molecule has 0 saturated heterocycles. The number of amides is 2. The maximum atomic E-state index is 14.2. The maximum Gasteiger partial charge on any atom is 0.326 e. The molecule has 0 spiro atoms. The smallest absolute Gasteiger partial charge is 0.326 e. The molecular formula is C35H32FN3O4. The van der Waals surface area contributed by atoms with Crippen molar-refractivity contribution in [2.24, 2.45) is 0 Å². The van der Waals surface area contributed by atoms with Crippen molar-refractivity contribution >= 4 is 28.7 Å². The lowest BCUT2D eigenvalue weighted by molar-refractivity contribution is -0.142. The van der Waals surface area contributed by atoms with Crippen LogP contribution in [0.1, 0.15) is 27.0 Å². The van der Waals surface area contributed by atoms with Gasteiger partial charge in [-0.15, -0.1) is 0 Å². The van der Waals surface area contributed by atoms with Crippen LogP contribution in [-0.4, -0.2) is 51.9 Å². The van der Waals surface area contributed by atoms with Crippen LogP contribution in [0.25, 0.3) is 22.0 Å². The van der Waals surface area contributed by atoms with Gasteiger partial charge in [0.05, 0.1) is 0 Å². The van der Waals surface area contributed by atoms with Gasteiger partial charge in [-0.05, 0) is 59.0 Å². The van der Waals surface area contributed by atoms with Crippen molar-refractivity contribution in [3.05, 3.63) is 131 Å². The van der Waals surface area contributed by atoms with Crippen LogP contribution in [0.3, 0.4) is 0 Å². The second-order valence-electron chi connectivity index (χ2n) is 10.7. The van der Waals surface area contributed by atoms with Crippen LogP contribution in [0.15, 0.2) is 103 Å². The number of aliphatic carboxylic acids is 1. The van der Waals surface area contributed by atoms with Crippen molar-refractivity contribution in [1.82, 2.24) is 15.2 Å². The number of aromatic amines is 1. The second kappa shape index (κ2) is 12.7. The zero-order chi connectivity index (χ0) is 30.5. The Bertz CT molecular complexity index is 1750. The third-order valence-corrected chi connectivity index (χ3v) is 7.58. The third kappa shape index (κ3) is 6.81. The molecule has 4 aromatic carbocycles. The number of benzene rings is 4. The maximum absolute atomic E-state index is 14.2. The highest BCUT2D eigenvalue weighted by Gasteiger charge is 2.32. The molecule has 0 radical (unpaired) electrons. The number of para-hydroxylation sites is 1. The zero-order valence-electron chi connectivity index (χ0n) is 23.9. The number of halogens is 1. The number of hydrogen-bond acceptors (Lipinski definition) is 3. The number of carbonyl (C=O) groups is 3. The molecule has 2 amide bonds. The fraction of sp³-hybridized carbons (Fsp3) is 0.171. The Labute approximate surface area is 249 Å². The first-order valence-corrected chi connectivity index (χ1v) is 14.0. The summed E-state index contributed by atoms with van der Waals surface area (Å²) in [5, 5.41) is 13.6. The number of carboxylic acids is 1. The minimum absolute atomic E-state index is 0.0460. The quantitative estimate of drug-likeness (QED) is 0.196. The molecule has 0 unspecified atom stereocenters. The van der Waals surface area contributed by atoms with Crippen LogP contribution in [-0.2, 0) is 22.4 Å². The summed E-state index contributed by atoms with van der Waals surface area (Å²) < 4.78 is 14.2. The molecule has 43 heavy (non-hydrogen) atoms. The average molecular weight is 578 g/mol. The van der Waals surface area contributed by atoms with Crippen molar-refractivity contribution in [1.29, 1.82) is 0 Å². The number of likely N-dealkylation sites (N-methyl/N-ethyl adjacent to an activating group) is 1. The molecule has 1 heterocycles. The number of aryl methyl sites for hydroxylation is 1. The Hall–Kier alpha value is -5.24. The predicted molar refractivity (Wildman–Crippen MR) is 164 cm³/mol. The van der Waals surface area contributed by atoms with Crippen LogP contribution < -0.4 is 5.32 Å². The van der Waals surface area contributed by atoms with Crippen LogP contribution in [0, 0.1) is 12.7 Å². The van der Waals surface area contributed by atoms with E-state index >= 15 is 0 Å². The highest BCUT2D eigenvalue weighted by atomic mass is 19.1. The van der Waals surface area contributed by atoms with Gasteiger partial charge >= 0.3 is 5.97 Å². The predicted octanol–water partition coefficient (Wildman–Crippen LogP) is 5.78. The van der Waals surface area contributed by atoms with E-state index in [-0.39, 0.29) is 18.4 Å². The van der Waals surface area contributed by atoms with Crippen molar-refractivity contribution in [2.75, 3.05) is 7.05 Å². The third-order valence-electron chi connectivity index (χ3n) is 7.58. The van der Waals surface area contributed by atoms with Crippen molar-refractivity contribution in [2.45, 2.75) is 31.8 Å². The van der Waals surface area contributed by atoms with Gasteiger partial charge in [0.2, 0.25) is 5.91 Å². The Morgan fingerprint density at radius 2 is 1.56 bits per heavy atom. The summed E-state index contributed by atoms with van der Waals surface area (Å²) in [7, 11) is 1.47. The van der Waals surface area contributed by atoms with Gasteiger partial charge in [0, 0.05) is 42.6 Å².